The summed E-state index contributed by atoms with van der Waals surface area (Å²) in [6.07, 6.45) is 3.18. The van der Waals surface area contributed by atoms with Crippen molar-refractivity contribution in [2.24, 2.45) is 0 Å². The summed E-state index contributed by atoms with van der Waals surface area (Å²) in [7, 11) is 0. The minimum atomic E-state index is -0.0861. The van der Waals surface area contributed by atoms with Crippen molar-refractivity contribution in [3.63, 3.8) is 0 Å². The van der Waals surface area contributed by atoms with Gasteiger partial charge in [-0.1, -0.05) is 18.2 Å². The number of nitrogens with one attached hydrogen (secondary N) is 3. The van der Waals surface area contributed by atoms with E-state index in [2.05, 4.69) is 53.5 Å². The number of anilines is 3. The molecule has 2 aromatic heterocycles. The molecule has 0 aliphatic heterocycles. The Balaban J connectivity index is 1.48. The first-order chi connectivity index (χ1) is 12.7. The molecule has 3 rings (SSSR count). The van der Waals surface area contributed by atoms with Gasteiger partial charge in [0.05, 0.1) is 5.56 Å². The van der Waals surface area contributed by atoms with Gasteiger partial charge in [-0.05, 0) is 46.9 Å². The fraction of sp³-hybridized carbons (Fsp3) is 0.111. The summed E-state index contributed by atoms with van der Waals surface area (Å²) >= 11 is 2.15. The number of hydrogen-bond acceptors (Lipinski definition) is 6. The van der Waals surface area contributed by atoms with Gasteiger partial charge in [-0.25, -0.2) is 15.0 Å². The smallest absolute Gasteiger partial charge is 0.252 e. The number of carbonyl (C=O) groups excluding carboxylic acids is 1. The van der Waals surface area contributed by atoms with E-state index in [4.69, 9.17) is 0 Å². The molecule has 0 bridgehead atoms. The maximum Gasteiger partial charge on any atom is 0.252 e. The molecule has 0 fully saturated rings. The van der Waals surface area contributed by atoms with Gasteiger partial charge in [0, 0.05) is 28.9 Å². The Bertz CT molecular complexity index is 874. The van der Waals surface area contributed by atoms with Gasteiger partial charge in [-0.2, -0.15) is 0 Å². The zero-order valence-electron chi connectivity index (χ0n) is 13.8. The van der Waals surface area contributed by atoms with Crippen LogP contribution in [0.2, 0.25) is 0 Å². The van der Waals surface area contributed by atoms with Crippen LogP contribution in [0.3, 0.4) is 0 Å². The SMILES string of the molecule is O=C(NCCNc1cc(Nc2ccccn2)ncn1)c1ccccc1I. The lowest BCUT2D eigenvalue weighted by molar-refractivity contribution is 0.0954. The van der Waals surface area contributed by atoms with Crippen molar-refractivity contribution in [1.29, 1.82) is 0 Å². The van der Waals surface area contributed by atoms with Crippen molar-refractivity contribution in [3.8, 4) is 0 Å². The Kier molecular flexibility index (Phi) is 6.31. The summed E-state index contributed by atoms with van der Waals surface area (Å²) in [5.41, 5.74) is 0.678. The summed E-state index contributed by atoms with van der Waals surface area (Å²) in [5.74, 6) is 1.94. The average Bonchev–Trinajstić information content (AvgIpc) is 2.66. The van der Waals surface area contributed by atoms with Crippen LogP contribution in [0.4, 0.5) is 17.5 Å². The van der Waals surface area contributed by atoms with Crippen LogP contribution in [0, 0.1) is 3.57 Å². The van der Waals surface area contributed by atoms with Crippen molar-refractivity contribution in [1.82, 2.24) is 20.3 Å². The second-order valence-corrected chi connectivity index (χ2v) is 6.45. The quantitative estimate of drug-likeness (QED) is 0.371. The molecule has 0 radical (unpaired) electrons. The first-order valence-electron chi connectivity index (χ1n) is 7.99. The van der Waals surface area contributed by atoms with Crippen LogP contribution in [-0.4, -0.2) is 33.9 Å². The Hall–Kier alpha value is -2.75. The minimum Gasteiger partial charge on any atom is -0.368 e. The molecule has 26 heavy (non-hydrogen) atoms. The van der Waals surface area contributed by atoms with E-state index in [0.717, 1.165) is 3.57 Å². The van der Waals surface area contributed by atoms with E-state index in [0.29, 0.717) is 36.1 Å². The summed E-state index contributed by atoms with van der Waals surface area (Å²) in [6.45, 7) is 1.03. The highest BCUT2D eigenvalue weighted by molar-refractivity contribution is 14.1. The van der Waals surface area contributed by atoms with Gasteiger partial charge in [0.15, 0.2) is 0 Å². The molecule has 0 saturated carbocycles. The largest absolute Gasteiger partial charge is 0.368 e. The molecule has 2 heterocycles. The summed E-state index contributed by atoms with van der Waals surface area (Å²) in [4.78, 5) is 24.7. The third-order valence-corrected chi connectivity index (χ3v) is 4.36. The number of rotatable bonds is 7. The maximum atomic E-state index is 12.1. The Labute approximate surface area is 164 Å². The normalized spacial score (nSPS) is 10.2. The molecule has 132 valence electrons. The predicted octanol–water partition coefficient (Wildman–Crippen LogP) is 3.06. The maximum absolute atomic E-state index is 12.1. The molecule has 0 unspecified atom stereocenters. The fourth-order valence-corrected chi connectivity index (χ4v) is 2.83. The van der Waals surface area contributed by atoms with Crippen LogP contribution in [-0.2, 0) is 0 Å². The lowest BCUT2D eigenvalue weighted by Crippen LogP contribution is -2.29. The van der Waals surface area contributed by atoms with Gasteiger partial charge in [-0.3, -0.25) is 4.79 Å². The Morgan fingerprint density at radius 3 is 2.54 bits per heavy atom. The van der Waals surface area contributed by atoms with E-state index in [1.54, 1.807) is 12.3 Å². The van der Waals surface area contributed by atoms with Crippen LogP contribution in [0.5, 0.6) is 0 Å². The number of amides is 1. The third-order valence-electron chi connectivity index (χ3n) is 3.42. The molecule has 0 atom stereocenters. The molecule has 0 aliphatic rings. The molecular weight excluding hydrogens is 443 g/mol. The average molecular weight is 460 g/mol. The topological polar surface area (TPSA) is 91.8 Å². The molecule has 3 N–H and O–H groups in total. The van der Waals surface area contributed by atoms with E-state index in [1.807, 2.05) is 42.5 Å². The highest BCUT2D eigenvalue weighted by Crippen LogP contribution is 2.13. The van der Waals surface area contributed by atoms with Crippen molar-refractivity contribution in [2.75, 3.05) is 23.7 Å². The van der Waals surface area contributed by atoms with E-state index in [-0.39, 0.29) is 5.91 Å². The Morgan fingerprint density at radius 2 is 1.73 bits per heavy atom. The van der Waals surface area contributed by atoms with Gasteiger partial charge >= 0.3 is 0 Å². The third kappa shape index (κ3) is 5.12. The number of pyridine rings is 1. The molecule has 7 nitrogen and oxygen atoms in total. The highest BCUT2D eigenvalue weighted by atomic mass is 127. The summed E-state index contributed by atoms with van der Waals surface area (Å²) in [6, 6.07) is 14.9. The van der Waals surface area contributed by atoms with Crippen molar-refractivity contribution < 1.29 is 4.79 Å². The number of carbonyl (C=O) groups is 1. The molecule has 0 aliphatic carbocycles. The van der Waals surface area contributed by atoms with Gasteiger partial charge in [0.1, 0.15) is 23.8 Å². The molecule has 0 saturated heterocycles. The lowest BCUT2D eigenvalue weighted by atomic mass is 10.2. The van der Waals surface area contributed by atoms with E-state index < -0.39 is 0 Å². The van der Waals surface area contributed by atoms with Crippen LogP contribution < -0.4 is 16.0 Å². The van der Waals surface area contributed by atoms with Gasteiger partial charge in [0.25, 0.3) is 5.91 Å². The number of benzene rings is 1. The standard InChI is InChI=1S/C18H17IN6O/c19-14-6-2-1-5-13(14)18(26)22-10-9-21-16-11-17(24-12-23-16)25-15-7-3-4-8-20-15/h1-8,11-12H,9-10H2,(H,22,26)(H2,20,21,23,24,25). The molecule has 1 amide bonds. The second-order valence-electron chi connectivity index (χ2n) is 5.29. The molecule has 3 aromatic rings. The number of hydrogen-bond donors (Lipinski definition) is 3. The zero-order chi connectivity index (χ0) is 18.2. The molecule has 8 heteroatoms. The number of aromatic nitrogens is 3. The monoisotopic (exact) mass is 460 g/mol. The first kappa shape index (κ1) is 18.1. The van der Waals surface area contributed by atoms with Crippen molar-refractivity contribution in [2.45, 2.75) is 0 Å². The summed E-state index contributed by atoms with van der Waals surface area (Å²) < 4.78 is 0.927. The summed E-state index contributed by atoms with van der Waals surface area (Å²) in [5, 5.41) is 9.16. The Morgan fingerprint density at radius 1 is 0.923 bits per heavy atom. The van der Waals surface area contributed by atoms with E-state index in [9.17, 15) is 4.79 Å². The molecule has 0 spiro atoms. The molecule has 1 aromatic carbocycles. The minimum absolute atomic E-state index is 0.0861. The predicted molar refractivity (Wildman–Crippen MR) is 110 cm³/mol. The second kappa shape index (κ2) is 9.09. The van der Waals surface area contributed by atoms with Crippen LogP contribution in [0.25, 0.3) is 0 Å². The first-order valence-corrected chi connectivity index (χ1v) is 9.07. The van der Waals surface area contributed by atoms with E-state index >= 15 is 0 Å². The highest BCUT2D eigenvalue weighted by Gasteiger charge is 2.08. The van der Waals surface area contributed by atoms with Crippen molar-refractivity contribution >= 4 is 46.0 Å². The van der Waals surface area contributed by atoms with Gasteiger partial charge in [0.2, 0.25) is 0 Å². The van der Waals surface area contributed by atoms with Gasteiger partial charge < -0.3 is 16.0 Å². The van der Waals surface area contributed by atoms with Crippen LogP contribution >= 0.6 is 22.6 Å². The van der Waals surface area contributed by atoms with Gasteiger partial charge in [-0.15, -0.1) is 0 Å². The zero-order valence-corrected chi connectivity index (χ0v) is 16.0. The molecular formula is C18H17IN6O. The van der Waals surface area contributed by atoms with E-state index in [1.165, 1.54) is 6.33 Å². The van der Waals surface area contributed by atoms with Crippen molar-refractivity contribution in [3.05, 3.63) is 70.2 Å². The van der Waals surface area contributed by atoms with Crippen LogP contribution in [0.15, 0.2) is 61.1 Å². The lowest BCUT2D eigenvalue weighted by Gasteiger charge is -2.09. The number of halogens is 1. The fourth-order valence-electron chi connectivity index (χ4n) is 2.20. The number of nitrogens with zero attached hydrogens (tertiary/aromatic N) is 3. The van der Waals surface area contributed by atoms with Crippen LogP contribution in [0.1, 0.15) is 10.4 Å².